The Morgan fingerprint density at radius 1 is 1.34 bits per heavy atom. The molecule has 0 bridgehead atoms. The third-order valence-electron chi connectivity index (χ3n) is 4.06. The number of phenols is 1. The molecule has 1 aliphatic rings. The number of non-ortho nitro benzene ring substituents is 1. The molecule has 166 valence electrons. The minimum Gasteiger partial charge on any atom is -0.506 e. The number of nitrogens with zero attached hydrogens (tertiary/aromatic N) is 2. The normalized spacial score (nSPS) is 14.8. The van der Waals surface area contributed by atoms with E-state index in [1.807, 2.05) is 0 Å². The number of rotatable bonds is 7. The zero-order valence-corrected chi connectivity index (χ0v) is 17.5. The SMILES string of the molecule is O=C(CN1C(=O)/C(=C/c2ccccc2OC(F)F)SC1=S)Nc1cc([N+](=O)[O-])ccc1O. The van der Waals surface area contributed by atoms with E-state index in [4.69, 9.17) is 12.2 Å². The van der Waals surface area contributed by atoms with Crippen LogP contribution in [0.25, 0.3) is 6.08 Å². The second kappa shape index (κ2) is 9.70. The molecule has 2 N–H and O–H groups in total. The third-order valence-corrected chi connectivity index (χ3v) is 5.44. The topological polar surface area (TPSA) is 122 Å². The largest absolute Gasteiger partial charge is 0.506 e. The average Bonchev–Trinajstić information content (AvgIpc) is 2.98. The molecule has 2 aromatic carbocycles. The number of thiocarbonyl (C=S) groups is 1. The molecule has 0 atom stereocenters. The van der Waals surface area contributed by atoms with Crippen molar-refractivity contribution in [2.45, 2.75) is 6.61 Å². The Hall–Kier alpha value is -3.58. The van der Waals surface area contributed by atoms with E-state index in [-0.39, 0.29) is 31.9 Å². The summed E-state index contributed by atoms with van der Waals surface area (Å²) < 4.78 is 29.7. The zero-order chi connectivity index (χ0) is 23.4. The van der Waals surface area contributed by atoms with Crippen LogP contribution in [-0.2, 0) is 9.59 Å². The van der Waals surface area contributed by atoms with E-state index in [0.717, 1.165) is 34.9 Å². The van der Waals surface area contributed by atoms with Crippen molar-refractivity contribution in [3.05, 3.63) is 63.0 Å². The lowest BCUT2D eigenvalue weighted by Gasteiger charge is -2.14. The van der Waals surface area contributed by atoms with Crippen molar-refractivity contribution in [1.29, 1.82) is 0 Å². The van der Waals surface area contributed by atoms with E-state index in [1.54, 1.807) is 6.07 Å². The van der Waals surface area contributed by atoms with Gasteiger partial charge in [0, 0.05) is 17.7 Å². The Kier molecular flexibility index (Phi) is 7.00. The smallest absolute Gasteiger partial charge is 0.387 e. The number of aromatic hydroxyl groups is 1. The van der Waals surface area contributed by atoms with Crippen LogP contribution in [0.5, 0.6) is 11.5 Å². The number of carbonyl (C=O) groups is 2. The Morgan fingerprint density at radius 2 is 2.06 bits per heavy atom. The van der Waals surface area contributed by atoms with Crippen molar-refractivity contribution in [1.82, 2.24) is 4.90 Å². The third kappa shape index (κ3) is 5.36. The molecular formula is C19H13F2N3O6S2. The minimum absolute atomic E-state index is 0.0481. The van der Waals surface area contributed by atoms with Gasteiger partial charge in [-0.05, 0) is 18.2 Å². The van der Waals surface area contributed by atoms with Crippen molar-refractivity contribution in [2.24, 2.45) is 0 Å². The molecule has 0 unspecified atom stereocenters. The number of thioether (sulfide) groups is 1. The number of anilines is 1. The highest BCUT2D eigenvalue weighted by molar-refractivity contribution is 8.26. The number of nitrogens with one attached hydrogen (secondary N) is 1. The summed E-state index contributed by atoms with van der Waals surface area (Å²) in [6.45, 7) is -3.58. The highest BCUT2D eigenvalue weighted by Crippen LogP contribution is 2.35. The standard InChI is InChI=1S/C19H13F2N3O6S2/c20-18(21)30-14-4-2-1-3-10(14)7-15-17(27)23(19(31)32-15)9-16(26)22-12-8-11(24(28)29)5-6-13(12)25/h1-8,18,25H,9H2,(H,22,26)/b15-7-. The summed E-state index contributed by atoms with van der Waals surface area (Å²) in [6, 6.07) is 8.94. The van der Waals surface area contributed by atoms with Gasteiger partial charge in [0.15, 0.2) is 0 Å². The molecule has 1 aliphatic heterocycles. The Labute approximate surface area is 188 Å². The lowest BCUT2D eigenvalue weighted by Crippen LogP contribution is -2.36. The Bertz CT molecular complexity index is 1140. The molecule has 13 heteroatoms. The summed E-state index contributed by atoms with van der Waals surface area (Å²) in [7, 11) is 0. The van der Waals surface area contributed by atoms with Crippen LogP contribution in [0, 0.1) is 10.1 Å². The molecule has 0 aromatic heterocycles. The van der Waals surface area contributed by atoms with Gasteiger partial charge in [0.25, 0.3) is 11.6 Å². The molecule has 1 heterocycles. The van der Waals surface area contributed by atoms with Crippen molar-refractivity contribution >= 4 is 57.6 Å². The molecule has 0 spiro atoms. The molecule has 2 amide bonds. The van der Waals surface area contributed by atoms with Crippen LogP contribution < -0.4 is 10.1 Å². The van der Waals surface area contributed by atoms with Crippen molar-refractivity contribution in [3.63, 3.8) is 0 Å². The number of ether oxygens (including phenoxy) is 1. The number of amides is 2. The van der Waals surface area contributed by atoms with Crippen LogP contribution >= 0.6 is 24.0 Å². The summed E-state index contributed by atoms with van der Waals surface area (Å²) in [5.41, 5.74) is -0.334. The minimum atomic E-state index is -3.05. The van der Waals surface area contributed by atoms with Gasteiger partial charge in [-0.3, -0.25) is 24.6 Å². The van der Waals surface area contributed by atoms with Crippen LogP contribution in [0.2, 0.25) is 0 Å². The maximum atomic E-state index is 12.7. The van der Waals surface area contributed by atoms with Gasteiger partial charge >= 0.3 is 6.61 Å². The first-order chi connectivity index (χ1) is 15.2. The lowest BCUT2D eigenvalue weighted by molar-refractivity contribution is -0.384. The quantitative estimate of drug-likeness (QED) is 0.202. The van der Waals surface area contributed by atoms with E-state index in [0.29, 0.717) is 0 Å². The second-order valence-electron chi connectivity index (χ2n) is 6.19. The van der Waals surface area contributed by atoms with Crippen molar-refractivity contribution < 1.29 is 33.1 Å². The molecule has 1 fully saturated rings. The first-order valence-corrected chi connectivity index (χ1v) is 9.94. The number of phenolic OH excluding ortho intramolecular Hbond substituents is 1. The molecule has 0 radical (unpaired) electrons. The molecule has 1 saturated heterocycles. The molecule has 32 heavy (non-hydrogen) atoms. The van der Waals surface area contributed by atoms with E-state index in [2.05, 4.69) is 10.1 Å². The number of nitro benzene ring substituents is 1. The van der Waals surface area contributed by atoms with Gasteiger partial charge < -0.3 is 15.2 Å². The summed E-state index contributed by atoms with van der Waals surface area (Å²) in [6.07, 6.45) is 1.32. The average molecular weight is 481 g/mol. The molecular weight excluding hydrogens is 468 g/mol. The Balaban J connectivity index is 1.75. The monoisotopic (exact) mass is 481 g/mol. The van der Waals surface area contributed by atoms with Crippen LogP contribution in [0.1, 0.15) is 5.56 Å². The zero-order valence-electron chi connectivity index (χ0n) is 15.9. The number of para-hydroxylation sites is 1. The number of hydrogen-bond acceptors (Lipinski definition) is 8. The highest BCUT2D eigenvalue weighted by Gasteiger charge is 2.33. The molecule has 9 nitrogen and oxygen atoms in total. The van der Waals surface area contributed by atoms with Crippen molar-refractivity contribution in [3.8, 4) is 11.5 Å². The second-order valence-corrected chi connectivity index (χ2v) is 7.87. The number of carbonyl (C=O) groups excluding carboxylic acids is 2. The van der Waals surface area contributed by atoms with Gasteiger partial charge in [-0.15, -0.1) is 0 Å². The fourth-order valence-corrected chi connectivity index (χ4v) is 3.90. The van der Waals surface area contributed by atoms with Gasteiger partial charge in [0.1, 0.15) is 22.4 Å². The summed E-state index contributed by atoms with van der Waals surface area (Å²) >= 11 is 6.00. The lowest BCUT2D eigenvalue weighted by atomic mass is 10.2. The molecule has 3 rings (SSSR count). The van der Waals surface area contributed by atoms with Gasteiger partial charge in [-0.2, -0.15) is 8.78 Å². The predicted octanol–water partition coefficient (Wildman–Crippen LogP) is 3.74. The van der Waals surface area contributed by atoms with Crippen LogP contribution in [0.4, 0.5) is 20.2 Å². The number of alkyl halides is 2. The van der Waals surface area contributed by atoms with E-state index in [1.165, 1.54) is 24.3 Å². The fraction of sp³-hybridized carbons (Fsp3) is 0.105. The number of halogens is 2. The first kappa shape index (κ1) is 23.1. The number of nitro groups is 1. The maximum Gasteiger partial charge on any atom is 0.387 e. The van der Waals surface area contributed by atoms with Crippen molar-refractivity contribution in [2.75, 3.05) is 11.9 Å². The fourth-order valence-electron chi connectivity index (χ4n) is 2.65. The summed E-state index contributed by atoms with van der Waals surface area (Å²) in [5.74, 6) is -1.93. The predicted molar refractivity (Wildman–Crippen MR) is 116 cm³/mol. The van der Waals surface area contributed by atoms with Crippen LogP contribution in [0.3, 0.4) is 0 Å². The van der Waals surface area contributed by atoms with Gasteiger partial charge in [-0.25, -0.2) is 0 Å². The van der Waals surface area contributed by atoms with Gasteiger partial charge in [0.2, 0.25) is 5.91 Å². The molecule has 0 aliphatic carbocycles. The summed E-state index contributed by atoms with van der Waals surface area (Å²) in [5, 5.41) is 23.0. The highest BCUT2D eigenvalue weighted by atomic mass is 32.2. The molecule has 0 saturated carbocycles. The van der Waals surface area contributed by atoms with E-state index in [9.17, 15) is 33.6 Å². The van der Waals surface area contributed by atoms with Crippen LogP contribution in [-0.4, -0.2) is 44.2 Å². The van der Waals surface area contributed by atoms with Gasteiger partial charge in [-0.1, -0.05) is 42.2 Å². The van der Waals surface area contributed by atoms with E-state index < -0.39 is 35.6 Å². The van der Waals surface area contributed by atoms with Crippen LogP contribution in [0.15, 0.2) is 47.4 Å². The van der Waals surface area contributed by atoms with E-state index >= 15 is 0 Å². The maximum absolute atomic E-state index is 12.7. The number of benzene rings is 2. The molecule has 2 aromatic rings. The first-order valence-electron chi connectivity index (χ1n) is 8.72. The summed E-state index contributed by atoms with van der Waals surface area (Å²) in [4.78, 5) is 36.3. The Morgan fingerprint density at radius 3 is 2.75 bits per heavy atom. The van der Waals surface area contributed by atoms with Gasteiger partial charge in [0.05, 0.1) is 15.5 Å². The number of hydrogen-bond donors (Lipinski definition) is 2.